The highest BCUT2D eigenvalue weighted by Gasteiger charge is 1.99. The van der Waals surface area contributed by atoms with Crippen LogP contribution >= 0.6 is 0 Å². The lowest BCUT2D eigenvalue weighted by Gasteiger charge is -1.97. The molecular formula is C6H6N6O. The lowest BCUT2D eigenvalue weighted by atomic mass is 10.6. The molecule has 0 fully saturated rings. The van der Waals surface area contributed by atoms with Crippen LogP contribution in [0.1, 0.15) is 0 Å². The maximum Gasteiger partial charge on any atom is 0.261 e. The molecule has 1 rings (SSSR count). The summed E-state index contributed by atoms with van der Waals surface area (Å²) in [6.45, 7) is 0.0305. The second-order valence-corrected chi connectivity index (χ2v) is 2.02. The number of hydrazone groups is 1. The van der Waals surface area contributed by atoms with Crippen molar-refractivity contribution in [2.75, 3.05) is 0 Å². The minimum Gasteiger partial charge on any atom is -0.271 e. The van der Waals surface area contributed by atoms with Gasteiger partial charge in [0.25, 0.3) is 5.91 Å². The lowest BCUT2D eigenvalue weighted by molar-refractivity contribution is -0.121. The highest BCUT2D eigenvalue weighted by Crippen LogP contribution is 1.79. The number of carbonyl (C=O) groups is 1. The van der Waals surface area contributed by atoms with Gasteiger partial charge in [-0.05, 0) is 0 Å². The molecule has 1 amide bonds. The van der Waals surface area contributed by atoms with E-state index in [0.717, 1.165) is 6.21 Å². The van der Waals surface area contributed by atoms with Crippen LogP contribution in [0.5, 0.6) is 0 Å². The molecule has 7 heteroatoms. The molecule has 0 radical (unpaired) electrons. The van der Waals surface area contributed by atoms with Crippen LogP contribution in [0, 0.1) is 11.3 Å². The van der Waals surface area contributed by atoms with Crippen LogP contribution in [0.15, 0.2) is 17.8 Å². The molecule has 1 aromatic heterocycles. The van der Waals surface area contributed by atoms with E-state index >= 15 is 0 Å². The standard InChI is InChI=1S/C6H6N6O/c7-1-2-9-11-6(13)3-12-5-8-4-10-12/h2,4-5H,3H2,(H,11,13)/b9-2+. The Bertz CT molecular complexity index is 335. The van der Waals surface area contributed by atoms with Crippen molar-refractivity contribution in [3.63, 3.8) is 0 Å². The molecule has 1 N–H and O–H groups in total. The molecule has 0 unspecified atom stereocenters. The Morgan fingerprint density at radius 1 is 1.85 bits per heavy atom. The first kappa shape index (κ1) is 8.86. The van der Waals surface area contributed by atoms with Gasteiger partial charge in [0.05, 0.1) is 0 Å². The molecule has 66 valence electrons. The predicted molar refractivity (Wildman–Crippen MR) is 42.3 cm³/mol. The van der Waals surface area contributed by atoms with E-state index < -0.39 is 0 Å². The maximum absolute atomic E-state index is 11.0. The molecule has 0 saturated heterocycles. The largest absolute Gasteiger partial charge is 0.271 e. The molecule has 0 atom stereocenters. The first-order valence-electron chi connectivity index (χ1n) is 3.35. The van der Waals surface area contributed by atoms with Crippen molar-refractivity contribution in [2.24, 2.45) is 5.10 Å². The van der Waals surface area contributed by atoms with Gasteiger partial charge >= 0.3 is 0 Å². The maximum atomic E-state index is 11.0. The van der Waals surface area contributed by atoms with Crippen LogP contribution in [-0.2, 0) is 11.3 Å². The summed E-state index contributed by atoms with van der Waals surface area (Å²) in [6.07, 6.45) is 3.67. The molecule has 0 aliphatic heterocycles. The minimum absolute atomic E-state index is 0.0305. The topological polar surface area (TPSA) is 96.0 Å². The number of rotatable bonds is 3. The summed E-state index contributed by atoms with van der Waals surface area (Å²) in [7, 11) is 0. The number of aromatic nitrogens is 3. The van der Waals surface area contributed by atoms with E-state index in [4.69, 9.17) is 5.26 Å². The molecule has 0 aliphatic rings. The Morgan fingerprint density at radius 2 is 2.69 bits per heavy atom. The molecule has 0 aliphatic carbocycles. The molecule has 0 saturated carbocycles. The van der Waals surface area contributed by atoms with Gasteiger partial charge in [0, 0.05) is 0 Å². The molecular weight excluding hydrogens is 172 g/mol. The molecule has 0 spiro atoms. The highest BCUT2D eigenvalue weighted by molar-refractivity contribution is 5.79. The normalized spacial score (nSPS) is 9.77. The second-order valence-electron chi connectivity index (χ2n) is 2.02. The Hall–Kier alpha value is -2.23. The smallest absolute Gasteiger partial charge is 0.261 e. The van der Waals surface area contributed by atoms with Gasteiger partial charge in [-0.25, -0.2) is 15.1 Å². The summed E-state index contributed by atoms with van der Waals surface area (Å²) >= 11 is 0. The first-order chi connectivity index (χ1) is 6.33. The van der Waals surface area contributed by atoms with Crippen molar-refractivity contribution in [3.05, 3.63) is 12.7 Å². The average molecular weight is 178 g/mol. The Morgan fingerprint density at radius 3 is 3.31 bits per heavy atom. The number of hydrogen-bond donors (Lipinski definition) is 1. The van der Waals surface area contributed by atoms with Crippen molar-refractivity contribution in [3.8, 4) is 6.07 Å². The summed E-state index contributed by atoms with van der Waals surface area (Å²) < 4.78 is 1.34. The SMILES string of the molecule is N#C/C=N/NC(=O)Cn1cncn1. The van der Waals surface area contributed by atoms with Crippen molar-refractivity contribution in [1.29, 1.82) is 5.26 Å². The van der Waals surface area contributed by atoms with Crippen molar-refractivity contribution >= 4 is 12.1 Å². The lowest BCUT2D eigenvalue weighted by Crippen LogP contribution is -2.23. The van der Waals surface area contributed by atoms with Crippen LogP contribution in [-0.4, -0.2) is 26.9 Å². The van der Waals surface area contributed by atoms with Gasteiger partial charge < -0.3 is 0 Å². The zero-order valence-electron chi connectivity index (χ0n) is 6.58. The third-order valence-corrected chi connectivity index (χ3v) is 1.08. The molecule has 1 heterocycles. The van der Waals surface area contributed by atoms with E-state index in [0.29, 0.717) is 0 Å². The van der Waals surface area contributed by atoms with Crippen molar-refractivity contribution < 1.29 is 4.79 Å². The molecule has 13 heavy (non-hydrogen) atoms. The molecule has 7 nitrogen and oxygen atoms in total. The first-order valence-corrected chi connectivity index (χ1v) is 3.35. The van der Waals surface area contributed by atoms with Gasteiger partial charge in [-0.1, -0.05) is 0 Å². The summed E-state index contributed by atoms with van der Waals surface area (Å²) in [4.78, 5) is 14.6. The van der Waals surface area contributed by atoms with Gasteiger partial charge in [-0.3, -0.25) is 4.79 Å². The zero-order valence-corrected chi connectivity index (χ0v) is 6.58. The number of carbonyl (C=O) groups excluding carboxylic acids is 1. The average Bonchev–Trinajstić information content (AvgIpc) is 2.57. The molecule has 0 aromatic carbocycles. The van der Waals surface area contributed by atoms with E-state index in [2.05, 4.69) is 20.6 Å². The van der Waals surface area contributed by atoms with Crippen molar-refractivity contribution in [2.45, 2.75) is 6.54 Å². The molecule has 1 aromatic rings. The van der Waals surface area contributed by atoms with Gasteiger partial charge in [-0.15, -0.1) is 0 Å². The van der Waals surface area contributed by atoms with Gasteiger partial charge in [0.1, 0.15) is 31.5 Å². The summed E-state index contributed by atoms with van der Waals surface area (Å²) in [5, 5.41) is 15.1. The monoisotopic (exact) mass is 178 g/mol. The second kappa shape index (κ2) is 4.61. The van der Waals surface area contributed by atoms with Gasteiger partial charge in [0.2, 0.25) is 0 Å². The third kappa shape index (κ3) is 3.11. The van der Waals surface area contributed by atoms with E-state index in [1.165, 1.54) is 17.3 Å². The van der Waals surface area contributed by atoms with Gasteiger partial charge in [-0.2, -0.15) is 15.5 Å². The van der Waals surface area contributed by atoms with Crippen LogP contribution < -0.4 is 5.43 Å². The number of nitrogens with one attached hydrogen (secondary N) is 1. The Kier molecular flexibility index (Phi) is 3.14. The van der Waals surface area contributed by atoms with Crippen LogP contribution in [0.4, 0.5) is 0 Å². The number of hydrogen-bond acceptors (Lipinski definition) is 5. The third-order valence-electron chi connectivity index (χ3n) is 1.08. The highest BCUT2D eigenvalue weighted by atomic mass is 16.2. The predicted octanol–water partition coefficient (Wildman–Crippen LogP) is -1.10. The van der Waals surface area contributed by atoms with Crippen LogP contribution in [0.3, 0.4) is 0 Å². The fraction of sp³-hybridized carbons (Fsp3) is 0.167. The van der Waals surface area contributed by atoms with Gasteiger partial charge in [0.15, 0.2) is 0 Å². The van der Waals surface area contributed by atoms with E-state index in [-0.39, 0.29) is 12.5 Å². The number of amides is 1. The van der Waals surface area contributed by atoms with E-state index in [1.807, 2.05) is 0 Å². The van der Waals surface area contributed by atoms with Crippen LogP contribution in [0.25, 0.3) is 0 Å². The fourth-order valence-corrected chi connectivity index (χ4v) is 0.630. The fourth-order valence-electron chi connectivity index (χ4n) is 0.630. The summed E-state index contributed by atoms with van der Waals surface area (Å²) in [5.74, 6) is -0.364. The van der Waals surface area contributed by atoms with Crippen molar-refractivity contribution in [1.82, 2.24) is 20.2 Å². The van der Waals surface area contributed by atoms with Crippen LogP contribution in [0.2, 0.25) is 0 Å². The quantitative estimate of drug-likeness (QED) is 0.469. The Balaban J connectivity index is 2.35. The van der Waals surface area contributed by atoms with E-state index in [1.54, 1.807) is 6.07 Å². The zero-order chi connectivity index (χ0) is 9.52. The Labute approximate surface area is 73.7 Å². The molecule has 0 bridgehead atoms. The number of nitrogens with zero attached hydrogens (tertiary/aromatic N) is 5. The summed E-state index contributed by atoms with van der Waals surface area (Å²) in [5.41, 5.74) is 2.14. The summed E-state index contributed by atoms with van der Waals surface area (Å²) in [6, 6.07) is 1.64. The van der Waals surface area contributed by atoms with E-state index in [9.17, 15) is 4.79 Å². The number of nitriles is 1. The minimum atomic E-state index is -0.364.